The summed E-state index contributed by atoms with van der Waals surface area (Å²) in [7, 11) is 0. The maximum absolute atomic E-state index is 5.79. The molecule has 0 radical (unpaired) electrons. The lowest BCUT2D eigenvalue weighted by Gasteiger charge is -2.35. The Balaban J connectivity index is 2.26. The molecule has 0 aromatic carbocycles. The van der Waals surface area contributed by atoms with E-state index in [-0.39, 0.29) is 11.2 Å². The minimum atomic E-state index is 0.169. The molecule has 0 aliphatic carbocycles. The molecule has 0 amide bonds. The van der Waals surface area contributed by atoms with E-state index in [1.54, 1.807) is 0 Å². The lowest BCUT2D eigenvalue weighted by Crippen LogP contribution is -2.40. The van der Waals surface area contributed by atoms with Crippen LogP contribution in [0.4, 0.5) is 11.9 Å². The normalized spacial score (nSPS) is 21.1. The van der Waals surface area contributed by atoms with Gasteiger partial charge in [-0.3, -0.25) is 0 Å². The SMILES string of the molecule is CC[C@@H]1CCCCN1c1nc(N)nc(Cl)n1. The Morgan fingerprint density at radius 1 is 1.38 bits per heavy atom. The Hall–Kier alpha value is -1.10. The molecule has 1 aromatic rings. The highest BCUT2D eigenvalue weighted by atomic mass is 35.5. The Morgan fingerprint density at radius 2 is 2.19 bits per heavy atom. The Bertz CT molecular complexity index is 350. The summed E-state index contributed by atoms with van der Waals surface area (Å²) < 4.78 is 0. The molecular formula is C10H16ClN5. The molecular weight excluding hydrogens is 226 g/mol. The van der Waals surface area contributed by atoms with Crippen LogP contribution < -0.4 is 10.6 Å². The first-order valence-corrected chi connectivity index (χ1v) is 6.02. The molecule has 1 aliphatic rings. The van der Waals surface area contributed by atoms with Crippen LogP contribution in [0, 0.1) is 0 Å². The van der Waals surface area contributed by atoms with Gasteiger partial charge in [0.15, 0.2) is 0 Å². The van der Waals surface area contributed by atoms with Crippen molar-refractivity contribution in [3.63, 3.8) is 0 Å². The number of hydrogen-bond donors (Lipinski definition) is 1. The van der Waals surface area contributed by atoms with Gasteiger partial charge >= 0.3 is 0 Å². The van der Waals surface area contributed by atoms with E-state index in [1.165, 1.54) is 19.3 Å². The van der Waals surface area contributed by atoms with E-state index in [0.29, 0.717) is 12.0 Å². The summed E-state index contributed by atoms with van der Waals surface area (Å²) in [6.45, 7) is 3.15. The molecule has 5 nitrogen and oxygen atoms in total. The Kier molecular flexibility index (Phi) is 3.43. The highest BCUT2D eigenvalue weighted by Gasteiger charge is 2.23. The van der Waals surface area contributed by atoms with Crippen molar-refractivity contribution >= 4 is 23.5 Å². The summed E-state index contributed by atoms with van der Waals surface area (Å²) in [5, 5.41) is 0.169. The van der Waals surface area contributed by atoms with E-state index in [4.69, 9.17) is 17.3 Å². The zero-order chi connectivity index (χ0) is 11.5. The number of halogens is 1. The fraction of sp³-hybridized carbons (Fsp3) is 0.700. The van der Waals surface area contributed by atoms with Crippen molar-refractivity contribution < 1.29 is 0 Å². The predicted octanol–water partition coefficient (Wildman–Crippen LogP) is 1.88. The van der Waals surface area contributed by atoms with Crippen LogP contribution >= 0.6 is 11.6 Å². The van der Waals surface area contributed by atoms with Crippen LogP contribution in [0.15, 0.2) is 0 Å². The van der Waals surface area contributed by atoms with Gasteiger partial charge in [0.25, 0.3) is 0 Å². The molecule has 0 spiro atoms. The van der Waals surface area contributed by atoms with Gasteiger partial charge in [-0.05, 0) is 37.3 Å². The molecule has 2 N–H and O–H groups in total. The number of nitrogens with zero attached hydrogens (tertiary/aromatic N) is 4. The third-order valence-corrected chi connectivity index (χ3v) is 3.14. The first-order valence-electron chi connectivity index (χ1n) is 5.64. The van der Waals surface area contributed by atoms with Crippen LogP contribution in [0.2, 0.25) is 5.28 Å². The summed E-state index contributed by atoms with van der Waals surface area (Å²) >= 11 is 5.79. The maximum atomic E-state index is 5.79. The third kappa shape index (κ3) is 2.35. The van der Waals surface area contributed by atoms with Crippen molar-refractivity contribution in [2.75, 3.05) is 17.2 Å². The van der Waals surface area contributed by atoms with Crippen LogP contribution in [0.25, 0.3) is 0 Å². The van der Waals surface area contributed by atoms with Crippen molar-refractivity contribution in [1.29, 1.82) is 0 Å². The van der Waals surface area contributed by atoms with Gasteiger partial charge in [-0.2, -0.15) is 15.0 Å². The van der Waals surface area contributed by atoms with Gasteiger partial charge in [-0.1, -0.05) is 6.92 Å². The molecule has 1 saturated heterocycles. The van der Waals surface area contributed by atoms with Crippen molar-refractivity contribution in [3.8, 4) is 0 Å². The van der Waals surface area contributed by atoms with Gasteiger partial charge in [0, 0.05) is 12.6 Å². The van der Waals surface area contributed by atoms with E-state index >= 15 is 0 Å². The standard InChI is InChI=1S/C10H16ClN5/c1-2-7-5-3-4-6-16(7)10-14-8(11)13-9(12)15-10/h7H,2-6H2,1H3,(H2,12,13,14,15)/t7-/m1/s1. The number of aromatic nitrogens is 3. The number of hydrogen-bond acceptors (Lipinski definition) is 5. The third-order valence-electron chi connectivity index (χ3n) is 2.97. The van der Waals surface area contributed by atoms with Crippen LogP contribution in [0.5, 0.6) is 0 Å². The number of piperidine rings is 1. The molecule has 6 heteroatoms. The highest BCUT2D eigenvalue weighted by molar-refractivity contribution is 6.28. The second-order valence-corrected chi connectivity index (χ2v) is 4.35. The monoisotopic (exact) mass is 241 g/mol. The largest absolute Gasteiger partial charge is 0.368 e. The van der Waals surface area contributed by atoms with Crippen molar-refractivity contribution in [2.24, 2.45) is 0 Å². The lowest BCUT2D eigenvalue weighted by atomic mass is 10.0. The van der Waals surface area contributed by atoms with Crippen LogP contribution in [0.1, 0.15) is 32.6 Å². The molecule has 1 atom stereocenters. The Morgan fingerprint density at radius 3 is 2.88 bits per heavy atom. The van der Waals surface area contributed by atoms with Crippen molar-refractivity contribution in [1.82, 2.24) is 15.0 Å². The lowest BCUT2D eigenvalue weighted by molar-refractivity contribution is 0.443. The maximum Gasteiger partial charge on any atom is 0.231 e. The number of nitrogens with two attached hydrogens (primary N) is 1. The van der Waals surface area contributed by atoms with Gasteiger partial charge in [-0.15, -0.1) is 0 Å². The molecule has 1 aromatic heterocycles. The summed E-state index contributed by atoms with van der Waals surface area (Å²) in [6, 6.07) is 0.492. The Labute approximate surface area is 100 Å². The first kappa shape index (κ1) is 11.4. The average Bonchev–Trinajstić information content (AvgIpc) is 2.27. The molecule has 0 saturated carbocycles. The summed E-state index contributed by atoms with van der Waals surface area (Å²) in [6.07, 6.45) is 4.70. The molecule has 0 bridgehead atoms. The van der Waals surface area contributed by atoms with Gasteiger partial charge in [0.1, 0.15) is 0 Å². The van der Waals surface area contributed by atoms with E-state index in [0.717, 1.165) is 13.0 Å². The summed E-state index contributed by atoms with van der Waals surface area (Å²) in [5.74, 6) is 0.805. The molecule has 1 fully saturated rings. The molecule has 16 heavy (non-hydrogen) atoms. The van der Waals surface area contributed by atoms with Crippen molar-refractivity contribution in [2.45, 2.75) is 38.6 Å². The van der Waals surface area contributed by atoms with E-state index in [9.17, 15) is 0 Å². The van der Waals surface area contributed by atoms with Gasteiger partial charge < -0.3 is 10.6 Å². The summed E-state index contributed by atoms with van der Waals surface area (Å²) in [4.78, 5) is 14.3. The topological polar surface area (TPSA) is 67.9 Å². The second-order valence-electron chi connectivity index (χ2n) is 4.01. The molecule has 88 valence electrons. The summed E-state index contributed by atoms with van der Waals surface area (Å²) in [5.41, 5.74) is 5.58. The second kappa shape index (κ2) is 4.82. The van der Waals surface area contributed by atoms with E-state index in [2.05, 4.69) is 26.8 Å². The first-order chi connectivity index (χ1) is 7.70. The van der Waals surface area contributed by atoms with Gasteiger partial charge in [-0.25, -0.2) is 0 Å². The zero-order valence-electron chi connectivity index (χ0n) is 9.36. The number of anilines is 2. The van der Waals surface area contributed by atoms with E-state index in [1.807, 2.05) is 0 Å². The molecule has 0 unspecified atom stereocenters. The average molecular weight is 242 g/mol. The van der Waals surface area contributed by atoms with Gasteiger partial charge in [0.2, 0.25) is 17.2 Å². The molecule has 2 rings (SSSR count). The van der Waals surface area contributed by atoms with Crippen LogP contribution in [-0.4, -0.2) is 27.5 Å². The van der Waals surface area contributed by atoms with Crippen molar-refractivity contribution in [3.05, 3.63) is 5.28 Å². The smallest absolute Gasteiger partial charge is 0.231 e. The van der Waals surface area contributed by atoms with Crippen LogP contribution in [0.3, 0.4) is 0 Å². The predicted molar refractivity (Wildman–Crippen MR) is 64.5 cm³/mol. The number of nitrogen functional groups attached to an aromatic ring is 1. The van der Waals surface area contributed by atoms with Gasteiger partial charge in [0.05, 0.1) is 0 Å². The van der Waals surface area contributed by atoms with Crippen LogP contribution in [-0.2, 0) is 0 Å². The quantitative estimate of drug-likeness (QED) is 0.856. The fourth-order valence-electron chi connectivity index (χ4n) is 2.17. The highest BCUT2D eigenvalue weighted by Crippen LogP contribution is 2.24. The molecule has 1 aliphatic heterocycles. The zero-order valence-corrected chi connectivity index (χ0v) is 10.1. The molecule has 2 heterocycles. The number of rotatable bonds is 2. The fourth-order valence-corrected chi connectivity index (χ4v) is 2.33. The minimum absolute atomic E-state index is 0.169. The van der Waals surface area contributed by atoms with E-state index < -0.39 is 0 Å². The minimum Gasteiger partial charge on any atom is -0.368 e.